The SMILES string of the molecule is NC(=O)CONS(=O)(=O)c1cc(Cl)c(Br)s1. The summed E-state index contributed by atoms with van der Waals surface area (Å²) in [5.74, 6) is -0.784. The lowest BCUT2D eigenvalue weighted by molar-refractivity contribution is -0.123. The molecule has 0 saturated heterocycles. The molecule has 0 aliphatic rings. The zero-order chi connectivity index (χ0) is 12.3. The summed E-state index contributed by atoms with van der Waals surface area (Å²) >= 11 is 9.67. The summed E-state index contributed by atoms with van der Waals surface area (Å²) in [6.45, 7) is -0.542. The second kappa shape index (κ2) is 5.43. The van der Waals surface area contributed by atoms with Crippen molar-refractivity contribution >= 4 is 54.8 Å². The van der Waals surface area contributed by atoms with Crippen molar-refractivity contribution in [2.45, 2.75) is 4.21 Å². The Labute approximate surface area is 109 Å². The number of amides is 1. The van der Waals surface area contributed by atoms with E-state index in [1.54, 1.807) is 4.89 Å². The van der Waals surface area contributed by atoms with Gasteiger partial charge in [0, 0.05) is 0 Å². The molecule has 0 spiro atoms. The Bertz CT molecular complexity index is 481. The van der Waals surface area contributed by atoms with E-state index in [2.05, 4.69) is 20.8 Å². The maximum Gasteiger partial charge on any atom is 0.272 e. The minimum Gasteiger partial charge on any atom is -0.368 e. The average molecular weight is 350 g/mol. The third-order valence-corrected chi connectivity index (χ3v) is 5.43. The van der Waals surface area contributed by atoms with Gasteiger partial charge >= 0.3 is 0 Å². The number of sulfonamides is 1. The molecule has 0 saturated carbocycles. The number of nitrogens with one attached hydrogen (secondary N) is 1. The number of thiophene rings is 1. The number of hydrogen-bond donors (Lipinski definition) is 2. The highest BCUT2D eigenvalue weighted by atomic mass is 79.9. The van der Waals surface area contributed by atoms with Gasteiger partial charge in [0.05, 0.1) is 8.81 Å². The van der Waals surface area contributed by atoms with Crippen molar-refractivity contribution in [2.75, 3.05) is 6.61 Å². The minimum absolute atomic E-state index is 0.0335. The largest absolute Gasteiger partial charge is 0.368 e. The smallest absolute Gasteiger partial charge is 0.272 e. The molecular formula is C6H6BrClN2O4S2. The molecule has 10 heteroatoms. The van der Waals surface area contributed by atoms with Crippen LogP contribution in [0.5, 0.6) is 0 Å². The predicted molar refractivity (Wildman–Crippen MR) is 62.5 cm³/mol. The molecule has 0 bridgehead atoms. The summed E-state index contributed by atoms with van der Waals surface area (Å²) in [4.78, 5) is 16.5. The fraction of sp³-hybridized carbons (Fsp3) is 0.167. The second-order valence-corrected chi connectivity index (χ2v) is 7.18. The van der Waals surface area contributed by atoms with Crippen LogP contribution in [-0.2, 0) is 19.7 Å². The average Bonchev–Trinajstić information content (AvgIpc) is 2.46. The predicted octanol–water partition coefficient (Wildman–Crippen LogP) is 0.859. The van der Waals surface area contributed by atoms with E-state index in [4.69, 9.17) is 17.3 Å². The topological polar surface area (TPSA) is 98.5 Å². The third kappa shape index (κ3) is 3.68. The lowest BCUT2D eigenvalue weighted by atomic mass is 10.7. The summed E-state index contributed by atoms with van der Waals surface area (Å²) in [7, 11) is -3.83. The van der Waals surface area contributed by atoms with Crippen molar-refractivity contribution in [1.82, 2.24) is 4.89 Å². The molecule has 1 heterocycles. The third-order valence-electron chi connectivity index (χ3n) is 1.27. The van der Waals surface area contributed by atoms with Gasteiger partial charge in [-0.1, -0.05) is 16.5 Å². The molecule has 0 atom stereocenters. The highest BCUT2D eigenvalue weighted by Crippen LogP contribution is 2.34. The first-order valence-electron chi connectivity index (χ1n) is 3.69. The molecule has 1 aromatic heterocycles. The summed E-state index contributed by atoms with van der Waals surface area (Å²) in [5.41, 5.74) is 4.76. The molecule has 0 unspecified atom stereocenters. The second-order valence-electron chi connectivity index (χ2n) is 2.53. The molecule has 0 aliphatic carbocycles. The van der Waals surface area contributed by atoms with Crippen molar-refractivity contribution < 1.29 is 18.0 Å². The maximum atomic E-state index is 11.5. The van der Waals surface area contributed by atoms with Gasteiger partial charge in [0.1, 0.15) is 10.8 Å². The van der Waals surface area contributed by atoms with Gasteiger partial charge in [0.15, 0.2) is 0 Å². The molecular weight excluding hydrogens is 344 g/mol. The van der Waals surface area contributed by atoms with Crippen LogP contribution >= 0.6 is 38.9 Å². The fourth-order valence-electron chi connectivity index (χ4n) is 0.678. The molecule has 1 aromatic rings. The lowest BCUT2D eigenvalue weighted by Crippen LogP contribution is -2.29. The maximum absolute atomic E-state index is 11.5. The number of carbonyl (C=O) groups excluding carboxylic acids is 1. The normalized spacial score (nSPS) is 11.6. The van der Waals surface area contributed by atoms with E-state index in [0.29, 0.717) is 3.79 Å². The molecule has 1 rings (SSSR count). The van der Waals surface area contributed by atoms with Crippen molar-refractivity contribution in [2.24, 2.45) is 5.73 Å². The Morgan fingerprint density at radius 2 is 2.31 bits per heavy atom. The monoisotopic (exact) mass is 348 g/mol. The van der Waals surface area contributed by atoms with Gasteiger partial charge in [-0.3, -0.25) is 9.63 Å². The number of primary amides is 1. The Balaban J connectivity index is 2.74. The first-order valence-corrected chi connectivity index (χ1v) is 7.16. The van der Waals surface area contributed by atoms with E-state index in [1.165, 1.54) is 6.07 Å². The van der Waals surface area contributed by atoms with Crippen LogP contribution in [0.1, 0.15) is 0 Å². The van der Waals surface area contributed by atoms with E-state index >= 15 is 0 Å². The molecule has 1 amide bonds. The van der Waals surface area contributed by atoms with Crippen LogP contribution in [0.25, 0.3) is 0 Å². The van der Waals surface area contributed by atoms with Crippen LogP contribution in [0, 0.1) is 0 Å². The van der Waals surface area contributed by atoms with E-state index in [-0.39, 0.29) is 9.23 Å². The fourth-order valence-corrected chi connectivity index (χ4v) is 3.86. The van der Waals surface area contributed by atoms with Crippen molar-refractivity contribution in [3.05, 3.63) is 14.9 Å². The summed E-state index contributed by atoms with van der Waals surface area (Å²) in [6, 6.07) is 1.26. The highest BCUT2D eigenvalue weighted by molar-refractivity contribution is 9.11. The number of hydrogen-bond acceptors (Lipinski definition) is 5. The Morgan fingerprint density at radius 3 is 2.75 bits per heavy atom. The zero-order valence-corrected chi connectivity index (χ0v) is 11.5. The Hall–Kier alpha value is -0.190. The first-order chi connectivity index (χ1) is 7.33. The van der Waals surface area contributed by atoms with E-state index < -0.39 is 22.5 Å². The van der Waals surface area contributed by atoms with Gasteiger partial charge in [-0.15, -0.1) is 11.3 Å². The van der Waals surface area contributed by atoms with Crippen LogP contribution in [0.15, 0.2) is 14.1 Å². The highest BCUT2D eigenvalue weighted by Gasteiger charge is 2.19. The molecule has 0 fully saturated rings. The number of carbonyl (C=O) groups is 1. The van der Waals surface area contributed by atoms with Crippen LogP contribution in [0.4, 0.5) is 0 Å². The molecule has 3 N–H and O–H groups in total. The van der Waals surface area contributed by atoms with Crippen molar-refractivity contribution in [1.29, 1.82) is 0 Å². The molecule has 6 nitrogen and oxygen atoms in total. The van der Waals surface area contributed by atoms with E-state index in [9.17, 15) is 13.2 Å². The van der Waals surface area contributed by atoms with Gasteiger partial charge < -0.3 is 5.73 Å². The first kappa shape index (κ1) is 13.9. The van der Waals surface area contributed by atoms with Crippen molar-refractivity contribution in [3.63, 3.8) is 0 Å². The summed E-state index contributed by atoms with van der Waals surface area (Å²) in [6.07, 6.45) is 0. The Morgan fingerprint density at radius 1 is 1.69 bits per heavy atom. The molecule has 0 aliphatic heterocycles. The van der Waals surface area contributed by atoms with E-state index in [0.717, 1.165) is 11.3 Å². The number of halogens is 2. The molecule has 16 heavy (non-hydrogen) atoms. The molecule has 0 aromatic carbocycles. The van der Waals surface area contributed by atoms with Gasteiger partial charge in [0.2, 0.25) is 5.91 Å². The van der Waals surface area contributed by atoms with Gasteiger partial charge in [-0.2, -0.15) is 0 Å². The quantitative estimate of drug-likeness (QED) is 0.770. The molecule has 90 valence electrons. The standard InChI is InChI=1S/C6H6BrClN2O4S2/c7-6-3(8)1-5(15-6)16(12,13)10-14-2-4(9)11/h1,10H,2H2,(H2,9,11). The lowest BCUT2D eigenvalue weighted by Gasteiger charge is -2.02. The zero-order valence-electron chi connectivity index (χ0n) is 7.57. The van der Waals surface area contributed by atoms with E-state index in [1.807, 2.05) is 0 Å². The number of rotatable bonds is 5. The van der Waals surface area contributed by atoms with Gasteiger partial charge in [-0.05, 0) is 22.0 Å². The van der Waals surface area contributed by atoms with Gasteiger partial charge in [-0.25, -0.2) is 8.42 Å². The van der Waals surface area contributed by atoms with Crippen LogP contribution in [-0.4, -0.2) is 20.9 Å². The van der Waals surface area contributed by atoms with Gasteiger partial charge in [0.25, 0.3) is 10.0 Å². The Kier molecular flexibility index (Phi) is 4.71. The van der Waals surface area contributed by atoms with Crippen molar-refractivity contribution in [3.8, 4) is 0 Å². The summed E-state index contributed by atoms with van der Waals surface area (Å²) in [5, 5.41) is 0.278. The summed E-state index contributed by atoms with van der Waals surface area (Å²) < 4.78 is 23.5. The van der Waals surface area contributed by atoms with Crippen LogP contribution in [0.2, 0.25) is 5.02 Å². The number of nitrogens with two attached hydrogens (primary N) is 1. The van der Waals surface area contributed by atoms with Crippen LogP contribution < -0.4 is 10.6 Å². The molecule has 0 radical (unpaired) electrons. The van der Waals surface area contributed by atoms with Crippen LogP contribution in [0.3, 0.4) is 0 Å². The minimum atomic E-state index is -3.83.